The maximum Gasteiger partial charge on any atom is 0.673 e. The molecule has 138 valence electrons. The van der Waals surface area contributed by atoms with Gasteiger partial charge < -0.3 is 35.1 Å². The van der Waals surface area contributed by atoms with E-state index in [0.29, 0.717) is 6.61 Å². The lowest BCUT2D eigenvalue weighted by Gasteiger charge is -2.36. The quantitative estimate of drug-likeness (QED) is 0.254. The van der Waals surface area contributed by atoms with Crippen molar-refractivity contribution in [2.45, 2.75) is 25.6 Å². The third kappa shape index (κ3) is 7.55. The van der Waals surface area contributed by atoms with E-state index in [1.165, 1.54) is 41.8 Å². The number of ether oxygens (including phenoxy) is 1. The molecule has 0 bridgehead atoms. The second kappa shape index (κ2) is 10.7. The van der Waals surface area contributed by atoms with Crippen molar-refractivity contribution >= 4 is 26.4 Å². The van der Waals surface area contributed by atoms with Crippen LogP contribution in [0.1, 0.15) is 6.42 Å². The van der Waals surface area contributed by atoms with Gasteiger partial charge in [-0.25, -0.2) is 0 Å². The Kier molecular flexibility index (Phi) is 10.7. The molecule has 0 saturated carbocycles. The number of hydrogen-bond donors (Lipinski definition) is 0. The second-order valence-corrected chi connectivity index (χ2v) is 14.8. The first-order valence-electron chi connectivity index (χ1n) is 7.16. The molecule has 0 aromatic heterocycles. The zero-order valence-electron chi connectivity index (χ0n) is 15.2. The molecule has 0 aliphatic heterocycles. The molecule has 0 amide bonds. The van der Waals surface area contributed by atoms with Gasteiger partial charge in [-0.1, -0.05) is 6.58 Å². The third-order valence-corrected chi connectivity index (χ3v) is 12.3. The van der Waals surface area contributed by atoms with Crippen molar-refractivity contribution in [2.24, 2.45) is 0 Å². The summed E-state index contributed by atoms with van der Waals surface area (Å²) in [6.45, 7) is 8.22. The largest absolute Gasteiger partial charge is 0.673 e. The molecular weight excluding hydrogens is 356 g/mol. The van der Waals surface area contributed by atoms with Crippen LogP contribution in [0.4, 0.5) is 0 Å². The van der Waals surface area contributed by atoms with E-state index in [1.807, 2.05) is 0 Å². The minimum Gasteiger partial charge on any atom is -0.502 e. The summed E-state index contributed by atoms with van der Waals surface area (Å²) in [6, 6.07) is 0.840. The van der Waals surface area contributed by atoms with Crippen molar-refractivity contribution in [3.63, 3.8) is 0 Å². The number of hydrogen-bond acceptors (Lipinski definition) is 8. The molecule has 0 heterocycles. The second-order valence-electron chi connectivity index (χ2n) is 5.13. The highest BCUT2D eigenvalue weighted by atomic mass is 28.5. The topological polar surface area (TPSA) is 73.8 Å². The summed E-state index contributed by atoms with van der Waals surface area (Å²) >= 11 is 0. The van der Waals surface area contributed by atoms with E-state index in [0.717, 1.165) is 12.5 Å². The molecule has 0 spiro atoms. The Bertz CT molecular complexity index is 326. The maximum atomic E-state index is 6.19. The van der Waals surface area contributed by atoms with Gasteiger partial charge in [0.1, 0.15) is 0 Å². The van der Waals surface area contributed by atoms with Crippen LogP contribution in [0.3, 0.4) is 0 Å². The molecule has 0 aromatic carbocycles. The molecule has 8 nitrogen and oxygen atoms in total. The van der Waals surface area contributed by atoms with Gasteiger partial charge >= 0.3 is 18.1 Å². The fourth-order valence-corrected chi connectivity index (χ4v) is 10.7. The molecule has 11 heteroatoms. The molecule has 0 aliphatic rings. The minimum atomic E-state index is -3.46. The van der Waals surface area contributed by atoms with Gasteiger partial charge in [0, 0.05) is 35.5 Å². The van der Waals surface area contributed by atoms with Gasteiger partial charge in [-0.3, -0.25) is 0 Å². The van der Waals surface area contributed by atoms with Gasteiger partial charge in [0.25, 0.3) is 0 Å². The predicted molar refractivity (Wildman–Crippen MR) is 91.8 cm³/mol. The summed E-state index contributed by atoms with van der Waals surface area (Å²) in [6.07, 6.45) is 2.27. The van der Waals surface area contributed by atoms with E-state index in [-0.39, 0.29) is 0 Å². The van der Waals surface area contributed by atoms with E-state index >= 15 is 0 Å². The average molecular weight is 387 g/mol. The van der Waals surface area contributed by atoms with E-state index in [2.05, 4.69) is 19.7 Å². The van der Waals surface area contributed by atoms with E-state index in [1.54, 1.807) is 0 Å². The zero-order chi connectivity index (χ0) is 18.0. The molecule has 0 fully saturated rings. The molecule has 0 rings (SSSR count). The highest BCUT2D eigenvalue weighted by Crippen LogP contribution is 2.25. The summed E-state index contributed by atoms with van der Waals surface area (Å²) in [5.74, 6) is 0. The van der Waals surface area contributed by atoms with Gasteiger partial charge in [-0.05, 0) is 25.6 Å². The monoisotopic (exact) mass is 386 g/mol. The smallest absolute Gasteiger partial charge is 0.502 e. The van der Waals surface area contributed by atoms with Gasteiger partial charge in [-0.2, -0.15) is 0 Å². The Morgan fingerprint density at radius 1 is 0.783 bits per heavy atom. The Morgan fingerprint density at radius 2 is 1.26 bits per heavy atom. The zero-order valence-corrected chi connectivity index (χ0v) is 18.2. The standard InChI is InChI=1S/C12H30O8Si3/c1-9-18-11-10-12-21(7,8)19-23(16-5,17-6)20-22(13-2,14-3)15-4/h9H,1,10-12H2,2-8H3. The van der Waals surface area contributed by atoms with Crippen LogP contribution < -0.4 is 0 Å². The first-order chi connectivity index (χ1) is 10.8. The Balaban J connectivity index is 5.02. The lowest BCUT2D eigenvalue weighted by Crippen LogP contribution is -2.63. The molecular formula is C12H30O8Si3. The van der Waals surface area contributed by atoms with Gasteiger partial charge in [0.05, 0.1) is 12.9 Å². The molecule has 0 saturated heterocycles. The Morgan fingerprint density at radius 3 is 1.65 bits per heavy atom. The fourth-order valence-electron chi connectivity index (χ4n) is 1.85. The number of rotatable bonds is 14. The van der Waals surface area contributed by atoms with Crippen LogP contribution in [-0.2, 0) is 35.1 Å². The molecule has 23 heavy (non-hydrogen) atoms. The first kappa shape index (κ1) is 22.9. The van der Waals surface area contributed by atoms with Crippen LogP contribution in [0.25, 0.3) is 0 Å². The van der Waals surface area contributed by atoms with Crippen molar-refractivity contribution in [1.82, 2.24) is 0 Å². The van der Waals surface area contributed by atoms with Crippen molar-refractivity contribution < 1.29 is 35.1 Å². The average Bonchev–Trinajstić information content (AvgIpc) is 2.56. The van der Waals surface area contributed by atoms with Crippen LogP contribution in [0.2, 0.25) is 19.1 Å². The molecule has 0 atom stereocenters. The highest BCUT2D eigenvalue weighted by molar-refractivity contribution is 6.81. The molecule has 0 aromatic rings. The Labute approximate surface area is 142 Å². The highest BCUT2D eigenvalue weighted by Gasteiger charge is 2.59. The van der Waals surface area contributed by atoms with Crippen LogP contribution in [-0.4, -0.2) is 68.6 Å². The SMILES string of the molecule is C=COCCC[Si](C)(C)O[Si](OC)(OC)O[Si](OC)(OC)OC. The van der Waals surface area contributed by atoms with Crippen molar-refractivity contribution in [1.29, 1.82) is 0 Å². The lowest BCUT2D eigenvalue weighted by atomic mass is 10.5. The Hall–Kier alpha value is -0.0894. The summed E-state index contributed by atoms with van der Waals surface area (Å²) in [5, 5.41) is 0. The van der Waals surface area contributed by atoms with E-state index in [9.17, 15) is 0 Å². The summed E-state index contributed by atoms with van der Waals surface area (Å²) in [5.41, 5.74) is 0. The van der Waals surface area contributed by atoms with Crippen LogP contribution >= 0.6 is 0 Å². The van der Waals surface area contributed by atoms with Crippen molar-refractivity contribution in [3.8, 4) is 0 Å². The van der Waals surface area contributed by atoms with Gasteiger partial charge in [-0.15, -0.1) is 0 Å². The van der Waals surface area contributed by atoms with Crippen LogP contribution in [0.5, 0.6) is 0 Å². The van der Waals surface area contributed by atoms with E-state index < -0.39 is 26.4 Å². The maximum absolute atomic E-state index is 6.19. The van der Waals surface area contributed by atoms with Crippen LogP contribution in [0.15, 0.2) is 12.8 Å². The summed E-state index contributed by atoms with van der Waals surface area (Å²) in [4.78, 5) is 0. The normalized spacial score (nSPS) is 13.2. The van der Waals surface area contributed by atoms with Crippen molar-refractivity contribution in [2.75, 3.05) is 42.2 Å². The molecule has 0 N–H and O–H groups in total. The minimum absolute atomic E-state index is 0.589. The van der Waals surface area contributed by atoms with E-state index in [4.69, 9.17) is 35.1 Å². The fraction of sp³-hybridized carbons (Fsp3) is 0.833. The van der Waals surface area contributed by atoms with Gasteiger partial charge in [0.2, 0.25) is 0 Å². The predicted octanol–water partition coefficient (Wildman–Crippen LogP) is 1.88. The lowest BCUT2D eigenvalue weighted by molar-refractivity contribution is -0.0135. The molecule has 0 unspecified atom stereocenters. The molecule has 0 radical (unpaired) electrons. The summed E-state index contributed by atoms with van der Waals surface area (Å²) < 4.78 is 44.0. The summed E-state index contributed by atoms with van der Waals surface area (Å²) in [7, 11) is -1.69. The van der Waals surface area contributed by atoms with Crippen molar-refractivity contribution in [3.05, 3.63) is 12.8 Å². The third-order valence-electron chi connectivity index (χ3n) is 3.06. The first-order valence-corrected chi connectivity index (χ1v) is 13.5. The van der Waals surface area contributed by atoms with Gasteiger partial charge in [0.15, 0.2) is 8.32 Å². The molecule has 0 aliphatic carbocycles. The van der Waals surface area contributed by atoms with Crippen LogP contribution in [0, 0.1) is 0 Å².